The Bertz CT molecular complexity index is 1270. The van der Waals surface area contributed by atoms with Crippen molar-refractivity contribution in [3.05, 3.63) is 29.3 Å². The predicted molar refractivity (Wildman–Crippen MR) is 142 cm³/mol. The van der Waals surface area contributed by atoms with Gasteiger partial charge in [-0.3, -0.25) is 14.5 Å². The van der Waals surface area contributed by atoms with Gasteiger partial charge in [0.25, 0.3) is 5.91 Å². The third-order valence-corrected chi connectivity index (χ3v) is 7.23. The summed E-state index contributed by atoms with van der Waals surface area (Å²) in [6.45, 7) is 0.647. The molecule has 0 radical (unpaired) electrons. The monoisotopic (exact) mass is 607 g/mol. The van der Waals surface area contributed by atoms with Crippen LogP contribution in [0.2, 0.25) is 0 Å². The molecule has 1 aromatic carbocycles. The van der Waals surface area contributed by atoms with Crippen LogP contribution in [0.4, 0.5) is 23.7 Å². The minimum absolute atomic E-state index is 0.272. The molecule has 3 aliphatic heterocycles. The van der Waals surface area contributed by atoms with E-state index in [-0.39, 0.29) is 18.8 Å². The average Bonchev–Trinajstić information content (AvgIpc) is 3.20. The van der Waals surface area contributed by atoms with Crippen LogP contribution < -0.4 is 4.90 Å². The first-order valence-corrected chi connectivity index (χ1v) is 13.9. The number of hydrogen-bond donors (Lipinski definition) is 0. The highest BCUT2D eigenvalue weighted by Gasteiger charge is 2.59. The van der Waals surface area contributed by atoms with E-state index in [1.165, 1.54) is 13.0 Å². The van der Waals surface area contributed by atoms with Gasteiger partial charge in [-0.05, 0) is 56.7 Å². The second kappa shape index (κ2) is 14.2. The van der Waals surface area contributed by atoms with Gasteiger partial charge in [-0.1, -0.05) is 11.8 Å². The highest BCUT2D eigenvalue weighted by Crippen LogP contribution is 2.39. The second-order valence-corrected chi connectivity index (χ2v) is 10.2. The fourth-order valence-electron chi connectivity index (χ4n) is 4.96. The molecule has 0 aliphatic carbocycles. The number of nitrogens with zero attached hydrogens (tertiary/aromatic N) is 3. The number of ether oxygens (including phenoxy) is 5. The molecule has 1 aromatic rings. The number of anilines is 1. The Morgan fingerprint density at radius 3 is 2.19 bits per heavy atom. The maximum absolute atomic E-state index is 14.2. The van der Waals surface area contributed by atoms with E-state index in [2.05, 4.69) is 11.8 Å². The molecule has 0 bridgehead atoms. The molecule has 232 valence electrons. The predicted octanol–water partition coefficient (Wildman–Crippen LogP) is 3.74. The Hall–Kier alpha value is -3.69. The quantitative estimate of drug-likeness (QED) is 0.234. The molecular weight excluding hydrogens is 575 g/mol. The van der Waals surface area contributed by atoms with Crippen molar-refractivity contribution < 1.29 is 51.2 Å². The molecule has 3 fully saturated rings. The van der Waals surface area contributed by atoms with Gasteiger partial charge in [-0.25, -0.2) is 9.69 Å². The summed E-state index contributed by atoms with van der Waals surface area (Å²) in [6.07, 6.45) is -1.86. The van der Waals surface area contributed by atoms with Crippen molar-refractivity contribution in [1.82, 2.24) is 4.90 Å². The molecule has 14 heteroatoms. The van der Waals surface area contributed by atoms with E-state index in [1.807, 2.05) is 0 Å². The first-order valence-electron chi connectivity index (χ1n) is 13.9. The summed E-state index contributed by atoms with van der Waals surface area (Å²) in [7, 11) is 0. The Labute approximate surface area is 246 Å². The number of benzene rings is 1. The van der Waals surface area contributed by atoms with E-state index >= 15 is 0 Å². The zero-order valence-corrected chi connectivity index (χ0v) is 23.6. The number of urea groups is 1. The first-order chi connectivity index (χ1) is 20.6. The second-order valence-electron chi connectivity index (χ2n) is 10.2. The van der Waals surface area contributed by atoms with Gasteiger partial charge in [-0.15, -0.1) is 0 Å². The van der Waals surface area contributed by atoms with E-state index in [1.54, 1.807) is 0 Å². The topological polar surface area (TPSA) is 128 Å². The standard InChI is InChI=1S/C29H32F3N3O8/c1-20(36)39-13-7-4-12-34-27(38)35(22-11-10-21(17-33)23(16-22)29(30,31)32)26(37)28(34,18-42-24-8-2-5-14-40-24)19-43-25-9-3-6-15-41-25/h10-11,16,24-25H,2-3,5-6,8-9,12-15,18-19H2,1H3. The normalized spacial score (nSPS) is 24.3. The summed E-state index contributed by atoms with van der Waals surface area (Å²) < 4.78 is 69.5. The minimum Gasteiger partial charge on any atom is -0.453 e. The molecule has 4 rings (SSSR count). The zero-order valence-electron chi connectivity index (χ0n) is 23.6. The number of nitriles is 1. The molecular formula is C29H32F3N3O8. The van der Waals surface area contributed by atoms with E-state index in [0.29, 0.717) is 37.0 Å². The summed E-state index contributed by atoms with van der Waals surface area (Å²) in [5, 5.41) is 9.22. The molecule has 3 heterocycles. The molecule has 2 unspecified atom stereocenters. The summed E-state index contributed by atoms with van der Waals surface area (Å²) >= 11 is 0. The molecule has 43 heavy (non-hydrogen) atoms. The van der Waals surface area contributed by atoms with Crippen LogP contribution in [-0.2, 0) is 39.4 Å². The maximum atomic E-state index is 14.2. The van der Waals surface area contributed by atoms with Gasteiger partial charge in [0.1, 0.15) is 0 Å². The minimum atomic E-state index is -4.92. The number of amides is 3. The third kappa shape index (κ3) is 7.64. The SMILES string of the molecule is CC(=O)OCC#CCN1C(=O)N(c2ccc(C#N)c(C(F)(F)F)c2)C(=O)C1(COC1CCCCO1)COC1CCCCO1. The van der Waals surface area contributed by atoms with E-state index < -0.39 is 66.5 Å². The number of imide groups is 1. The molecule has 11 nitrogen and oxygen atoms in total. The lowest BCUT2D eigenvalue weighted by Gasteiger charge is -2.36. The fourth-order valence-corrected chi connectivity index (χ4v) is 4.96. The van der Waals surface area contributed by atoms with Crippen molar-refractivity contribution in [2.75, 3.05) is 44.5 Å². The third-order valence-electron chi connectivity index (χ3n) is 7.23. The van der Waals surface area contributed by atoms with Gasteiger partial charge in [-0.2, -0.15) is 18.4 Å². The molecule has 3 aliphatic rings. The van der Waals surface area contributed by atoms with E-state index in [9.17, 15) is 32.8 Å². The molecule has 0 aromatic heterocycles. The summed E-state index contributed by atoms with van der Waals surface area (Å²) in [5.41, 5.74) is -4.20. The number of carbonyl (C=O) groups excluding carboxylic acids is 3. The molecule has 2 atom stereocenters. The number of hydrogen-bond acceptors (Lipinski definition) is 9. The van der Waals surface area contributed by atoms with Crippen molar-refractivity contribution in [2.24, 2.45) is 0 Å². The smallest absolute Gasteiger partial charge is 0.417 e. The highest BCUT2D eigenvalue weighted by molar-refractivity contribution is 6.23. The molecule has 3 saturated heterocycles. The molecule has 0 spiro atoms. The average molecular weight is 608 g/mol. The Balaban J connectivity index is 1.73. The lowest BCUT2D eigenvalue weighted by molar-refractivity contribution is -0.204. The lowest BCUT2D eigenvalue weighted by Crippen LogP contribution is -2.58. The summed E-state index contributed by atoms with van der Waals surface area (Å²) in [5.74, 6) is 3.82. The van der Waals surface area contributed by atoms with E-state index in [4.69, 9.17) is 23.7 Å². The van der Waals surface area contributed by atoms with Crippen LogP contribution in [0.1, 0.15) is 56.6 Å². The van der Waals surface area contributed by atoms with Crippen LogP contribution in [0.25, 0.3) is 0 Å². The van der Waals surface area contributed by atoms with Crippen molar-refractivity contribution in [3.63, 3.8) is 0 Å². The van der Waals surface area contributed by atoms with Crippen LogP contribution in [0.3, 0.4) is 0 Å². The van der Waals surface area contributed by atoms with Gasteiger partial charge in [0.05, 0.1) is 42.6 Å². The van der Waals surface area contributed by atoms with Gasteiger partial charge in [0.15, 0.2) is 24.7 Å². The van der Waals surface area contributed by atoms with E-state index in [0.717, 1.165) is 42.7 Å². The van der Waals surface area contributed by atoms with Crippen LogP contribution in [0.15, 0.2) is 18.2 Å². The Morgan fingerprint density at radius 1 is 1.05 bits per heavy atom. The molecule has 3 amide bonds. The number of carbonyl (C=O) groups is 3. The summed E-state index contributed by atoms with van der Waals surface area (Å²) in [4.78, 5) is 40.9. The van der Waals surface area contributed by atoms with Crippen LogP contribution in [-0.4, -0.2) is 80.5 Å². The van der Waals surface area contributed by atoms with Crippen molar-refractivity contribution in [2.45, 2.75) is 69.7 Å². The van der Waals surface area contributed by atoms with Crippen molar-refractivity contribution in [1.29, 1.82) is 5.26 Å². The van der Waals surface area contributed by atoms with Crippen LogP contribution in [0.5, 0.6) is 0 Å². The largest absolute Gasteiger partial charge is 0.453 e. The van der Waals surface area contributed by atoms with Crippen LogP contribution >= 0.6 is 0 Å². The zero-order chi connectivity index (χ0) is 31.0. The number of rotatable bonds is 9. The lowest BCUT2D eigenvalue weighted by atomic mass is 9.99. The van der Waals surface area contributed by atoms with Crippen molar-refractivity contribution in [3.8, 4) is 17.9 Å². The number of halogens is 3. The van der Waals surface area contributed by atoms with Gasteiger partial charge < -0.3 is 23.7 Å². The van der Waals surface area contributed by atoms with Crippen LogP contribution in [0, 0.1) is 23.2 Å². The Morgan fingerprint density at radius 2 is 1.67 bits per heavy atom. The maximum Gasteiger partial charge on any atom is 0.417 e. The van der Waals surface area contributed by atoms with Gasteiger partial charge in [0, 0.05) is 20.1 Å². The number of alkyl halides is 3. The first kappa shape index (κ1) is 32.2. The molecule has 0 saturated carbocycles. The number of esters is 1. The van der Waals surface area contributed by atoms with Crippen molar-refractivity contribution >= 4 is 23.6 Å². The Kier molecular flexibility index (Phi) is 10.6. The van der Waals surface area contributed by atoms with Gasteiger partial charge >= 0.3 is 18.2 Å². The fraction of sp³-hybridized carbons (Fsp3) is 0.586. The molecule has 0 N–H and O–H groups in total. The highest BCUT2D eigenvalue weighted by atomic mass is 19.4. The van der Waals surface area contributed by atoms with Gasteiger partial charge in [0.2, 0.25) is 0 Å². The summed E-state index contributed by atoms with van der Waals surface area (Å²) in [6, 6.07) is 3.11.